The lowest BCUT2D eigenvalue weighted by molar-refractivity contribution is -0.119. The first-order chi connectivity index (χ1) is 7.15. The summed E-state index contributed by atoms with van der Waals surface area (Å²) in [6.07, 6.45) is 0.212. The van der Waals surface area contributed by atoms with Gasteiger partial charge in [-0.2, -0.15) is 5.26 Å². The molecule has 1 amide bonds. The second-order valence-corrected chi connectivity index (χ2v) is 3.54. The van der Waals surface area contributed by atoms with Gasteiger partial charge in [-0.15, -0.1) is 0 Å². The molecule has 0 aliphatic rings. The number of nitriles is 1. The van der Waals surface area contributed by atoms with Crippen LogP contribution in [0, 0.1) is 11.3 Å². The molecule has 1 atom stereocenters. The van der Waals surface area contributed by atoms with E-state index in [-0.39, 0.29) is 18.4 Å². The quantitative estimate of drug-likeness (QED) is 0.854. The molecule has 0 aliphatic heterocycles. The lowest BCUT2D eigenvalue weighted by Crippen LogP contribution is -2.25. The van der Waals surface area contributed by atoms with Gasteiger partial charge in [0.15, 0.2) is 0 Å². The molecule has 0 radical (unpaired) electrons. The van der Waals surface area contributed by atoms with Gasteiger partial charge in [0, 0.05) is 11.9 Å². The molecule has 3 nitrogen and oxygen atoms in total. The summed E-state index contributed by atoms with van der Waals surface area (Å²) in [4.78, 5) is 10.9. The molecule has 0 fully saturated rings. The molecular weight excluding hydrogens is 212 g/mol. The first-order valence-corrected chi connectivity index (χ1v) is 4.91. The number of carbonyl (C=O) groups excluding carboxylic acids is 1. The van der Waals surface area contributed by atoms with Crippen LogP contribution in [-0.4, -0.2) is 5.91 Å². The van der Waals surface area contributed by atoms with E-state index < -0.39 is 0 Å². The van der Waals surface area contributed by atoms with Crippen LogP contribution in [0.25, 0.3) is 0 Å². The summed E-state index contributed by atoms with van der Waals surface area (Å²) in [5, 5.41) is 11.9. The summed E-state index contributed by atoms with van der Waals surface area (Å²) in [6.45, 7) is 1.42. The molecule has 0 bridgehead atoms. The summed E-state index contributed by atoms with van der Waals surface area (Å²) in [7, 11) is 0. The highest BCUT2D eigenvalue weighted by Crippen LogP contribution is 2.24. The fourth-order valence-electron chi connectivity index (χ4n) is 1.33. The molecule has 0 aromatic heterocycles. The molecular formula is C11H11ClN2O. The number of amides is 1. The van der Waals surface area contributed by atoms with Crippen molar-refractivity contribution in [3.63, 3.8) is 0 Å². The largest absolute Gasteiger partial charge is 0.348 e. The van der Waals surface area contributed by atoms with Crippen molar-refractivity contribution in [2.45, 2.75) is 19.4 Å². The van der Waals surface area contributed by atoms with Crippen molar-refractivity contribution in [3.05, 3.63) is 34.9 Å². The van der Waals surface area contributed by atoms with Crippen molar-refractivity contribution in [2.24, 2.45) is 0 Å². The van der Waals surface area contributed by atoms with Crippen molar-refractivity contribution in [3.8, 4) is 6.07 Å². The molecule has 1 rings (SSSR count). The van der Waals surface area contributed by atoms with Crippen LogP contribution in [0.3, 0.4) is 0 Å². The van der Waals surface area contributed by atoms with E-state index in [9.17, 15) is 4.79 Å². The first kappa shape index (κ1) is 11.5. The van der Waals surface area contributed by atoms with Gasteiger partial charge >= 0.3 is 0 Å². The number of halogens is 1. The molecule has 1 N–H and O–H groups in total. The Morgan fingerprint density at radius 3 is 2.80 bits per heavy atom. The maximum atomic E-state index is 10.9. The third-order valence-electron chi connectivity index (χ3n) is 1.95. The van der Waals surface area contributed by atoms with Gasteiger partial charge < -0.3 is 5.32 Å². The Balaban J connectivity index is 2.94. The molecule has 0 spiro atoms. The highest BCUT2D eigenvalue weighted by Gasteiger charge is 2.14. The van der Waals surface area contributed by atoms with Gasteiger partial charge in [0.25, 0.3) is 0 Å². The summed E-state index contributed by atoms with van der Waals surface area (Å²) in [5.41, 5.74) is 0.774. The normalized spacial score (nSPS) is 11.5. The smallest absolute Gasteiger partial charge is 0.217 e. The molecule has 1 aromatic rings. The standard InChI is InChI=1S/C11H11ClN2O/c1-8(15)14-11(6-7-13)9-4-2-3-5-10(9)12/h2-5,11H,6H2,1H3,(H,14,15). The molecule has 0 saturated heterocycles. The molecule has 15 heavy (non-hydrogen) atoms. The highest BCUT2D eigenvalue weighted by atomic mass is 35.5. The minimum Gasteiger partial charge on any atom is -0.348 e. The fraction of sp³-hybridized carbons (Fsp3) is 0.273. The van der Waals surface area contributed by atoms with Crippen LogP contribution in [0.1, 0.15) is 24.9 Å². The number of hydrogen-bond acceptors (Lipinski definition) is 2. The number of hydrogen-bond donors (Lipinski definition) is 1. The van der Waals surface area contributed by atoms with Gasteiger partial charge in [-0.05, 0) is 11.6 Å². The Morgan fingerprint density at radius 1 is 1.60 bits per heavy atom. The van der Waals surface area contributed by atoms with E-state index in [1.807, 2.05) is 18.2 Å². The van der Waals surface area contributed by atoms with Crippen LogP contribution in [0.15, 0.2) is 24.3 Å². The first-order valence-electron chi connectivity index (χ1n) is 4.53. The van der Waals surface area contributed by atoms with Gasteiger partial charge in [-0.1, -0.05) is 29.8 Å². The summed E-state index contributed by atoms with van der Waals surface area (Å²) in [6, 6.07) is 8.87. The van der Waals surface area contributed by atoms with Gasteiger partial charge in [0.05, 0.1) is 18.5 Å². The average molecular weight is 223 g/mol. The number of rotatable bonds is 3. The van der Waals surface area contributed by atoms with Crippen LogP contribution < -0.4 is 5.32 Å². The predicted octanol–water partition coefficient (Wildman–Crippen LogP) is 2.43. The molecule has 0 heterocycles. The van der Waals surface area contributed by atoms with Gasteiger partial charge in [0.1, 0.15) is 0 Å². The van der Waals surface area contributed by atoms with Gasteiger partial charge in [0.2, 0.25) is 5.91 Å². The molecule has 0 saturated carbocycles. The molecule has 1 aromatic carbocycles. The number of carbonyl (C=O) groups is 1. The maximum absolute atomic E-state index is 10.9. The van der Waals surface area contributed by atoms with Gasteiger partial charge in [-0.3, -0.25) is 4.79 Å². The topological polar surface area (TPSA) is 52.9 Å². The zero-order chi connectivity index (χ0) is 11.3. The van der Waals surface area contributed by atoms with E-state index in [2.05, 4.69) is 5.32 Å². The average Bonchev–Trinajstić information content (AvgIpc) is 2.17. The van der Waals surface area contributed by atoms with E-state index in [0.717, 1.165) is 5.56 Å². The third-order valence-corrected chi connectivity index (χ3v) is 2.30. The highest BCUT2D eigenvalue weighted by molar-refractivity contribution is 6.31. The summed E-state index contributed by atoms with van der Waals surface area (Å²) < 4.78 is 0. The lowest BCUT2D eigenvalue weighted by Gasteiger charge is -2.16. The zero-order valence-electron chi connectivity index (χ0n) is 8.33. The fourth-order valence-corrected chi connectivity index (χ4v) is 1.60. The monoisotopic (exact) mass is 222 g/mol. The van der Waals surface area contributed by atoms with Crippen molar-refractivity contribution < 1.29 is 4.79 Å². The maximum Gasteiger partial charge on any atom is 0.217 e. The SMILES string of the molecule is CC(=O)NC(CC#N)c1ccccc1Cl. The van der Waals surface area contributed by atoms with Crippen LogP contribution in [-0.2, 0) is 4.79 Å². The minimum atomic E-state index is -0.332. The Hall–Kier alpha value is -1.53. The Labute approximate surface area is 93.7 Å². The second kappa shape index (κ2) is 5.38. The number of benzene rings is 1. The van der Waals surface area contributed by atoms with Crippen molar-refractivity contribution in [1.82, 2.24) is 5.32 Å². The summed E-state index contributed by atoms with van der Waals surface area (Å²) in [5.74, 6) is -0.171. The number of nitrogens with zero attached hydrogens (tertiary/aromatic N) is 1. The predicted molar refractivity (Wildman–Crippen MR) is 58.2 cm³/mol. The van der Waals surface area contributed by atoms with E-state index in [0.29, 0.717) is 5.02 Å². The number of nitrogens with one attached hydrogen (secondary N) is 1. The summed E-state index contributed by atoms with van der Waals surface area (Å²) >= 11 is 5.98. The van der Waals surface area contributed by atoms with Crippen LogP contribution in [0.4, 0.5) is 0 Å². The van der Waals surface area contributed by atoms with Crippen molar-refractivity contribution in [1.29, 1.82) is 5.26 Å². The van der Waals surface area contributed by atoms with Crippen molar-refractivity contribution >= 4 is 17.5 Å². The Morgan fingerprint density at radius 2 is 2.27 bits per heavy atom. The van der Waals surface area contributed by atoms with Gasteiger partial charge in [-0.25, -0.2) is 0 Å². The molecule has 0 aliphatic carbocycles. The minimum absolute atomic E-state index is 0.171. The third kappa shape index (κ3) is 3.26. The lowest BCUT2D eigenvalue weighted by atomic mass is 10.0. The van der Waals surface area contributed by atoms with E-state index in [1.54, 1.807) is 12.1 Å². The van der Waals surface area contributed by atoms with Crippen molar-refractivity contribution in [2.75, 3.05) is 0 Å². The Kier molecular flexibility index (Phi) is 4.14. The zero-order valence-corrected chi connectivity index (χ0v) is 9.08. The van der Waals surface area contributed by atoms with E-state index in [1.165, 1.54) is 6.92 Å². The molecule has 4 heteroatoms. The molecule has 1 unspecified atom stereocenters. The molecule has 78 valence electrons. The van der Waals surface area contributed by atoms with E-state index in [4.69, 9.17) is 16.9 Å². The van der Waals surface area contributed by atoms with E-state index >= 15 is 0 Å². The Bertz CT molecular complexity index is 398. The second-order valence-electron chi connectivity index (χ2n) is 3.14. The van der Waals surface area contributed by atoms with Crippen LogP contribution >= 0.6 is 11.6 Å². The van der Waals surface area contributed by atoms with Crippen LogP contribution in [0.2, 0.25) is 5.02 Å². The van der Waals surface area contributed by atoms with Crippen LogP contribution in [0.5, 0.6) is 0 Å².